The summed E-state index contributed by atoms with van der Waals surface area (Å²) in [6.07, 6.45) is 0. The van der Waals surface area contributed by atoms with Crippen LogP contribution < -0.4 is 0 Å². The summed E-state index contributed by atoms with van der Waals surface area (Å²) in [5.41, 5.74) is 0.320. The summed E-state index contributed by atoms with van der Waals surface area (Å²) < 4.78 is 40.1. The largest absolute Gasteiger partial charge is 0.384 e. The van der Waals surface area contributed by atoms with Crippen LogP contribution in [0, 0.1) is 23.6 Å². The Morgan fingerprint density at radius 2 is 1.95 bits per heavy atom. The van der Waals surface area contributed by atoms with E-state index in [0.29, 0.717) is 5.56 Å². The van der Waals surface area contributed by atoms with Gasteiger partial charge in [-0.1, -0.05) is 25.7 Å². The first-order valence-electron chi connectivity index (χ1n) is 6.59. The van der Waals surface area contributed by atoms with Gasteiger partial charge in [0.25, 0.3) is 0 Å². The van der Waals surface area contributed by atoms with Crippen LogP contribution in [0.15, 0.2) is 23.1 Å². The number of aliphatic hydroxyl groups is 1. The minimum absolute atomic E-state index is 0.113. The van der Waals surface area contributed by atoms with E-state index >= 15 is 0 Å². The topological polar surface area (TPSA) is 57.6 Å². The molecule has 0 amide bonds. The standard InChI is InChI=1S/C15H20FNO3S/c1-11(2)12(3)17(4)21(19,20)15-8-7-13(6-5-9-18)10-14(15)16/h7-8,10-12,18H,9H2,1-4H3. The van der Waals surface area contributed by atoms with Crippen LogP contribution in [0.3, 0.4) is 0 Å². The lowest BCUT2D eigenvalue weighted by Crippen LogP contribution is -2.38. The number of hydrogen-bond acceptors (Lipinski definition) is 3. The minimum atomic E-state index is -3.89. The fourth-order valence-electron chi connectivity index (χ4n) is 1.72. The van der Waals surface area contributed by atoms with Gasteiger partial charge in [-0.3, -0.25) is 0 Å². The van der Waals surface area contributed by atoms with Gasteiger partial charge in [0, 0.05) is 18.7 Å². The number of hydrogen-bond donors (Lipinski definition) is 1. The monoisotopic (exact) mass is 313 g/mol. The molecule has 6 heteroatoms. The fraction of sp³-hybridized carbons (Fsp3) is 0.467. The van der Waals surface area contributed by atoms with Gasteiger partial charge in [-0.05, 0) is 31.0 Å². The van der Waals surface area contributed by atoms with Crippen molar-refractivity contribution >= 4 is 10.0 Å². The molecule has 0 heterocycles. The van der Waals surface area contributed by atoms with Gasteiger partial charge in [0.2, 0.25) is 10.0 Å². The maximum atomic E-state index is 14.1. The summed E-state index contributed by atoms with van der Waals surface area (Å²) in [6.45, 7) is 5.25. The number of benzene rings is 1. The van der Waals surface area contributed by atoms with Crippen LogP contribution in [0.25, 0.3) is 0 Å². The van der Waals surface area contributed by atoms with Crippen LogP contribution in [0.4, 0.5) is 4.39 Å². The van der Waals surface area contributed by atoms with E-state index in [4.69, 9.17) is 5.11 Å². The molecule has 0 aromatic heterocycles. The smallest absolute Gasteiger partial charge is 0.245 e. The van der Waals surface area contributed by atoms with Crippen molar-refractivity contribution in [3.63, 3.8) is 0 Å². The summed E-state index contributed by atoms with van der Waals surface area (Å²) in [6, 6.07) is 3.44. The fourth-order valence-corrected chi connectivity index (χ4v) is 3.26. The molecule has 1 N–H and O–H groups in total. The van der Waals surface area contributed by atoms with E-state index in [1.54, 1.807) is 6.92 Å². The van der Waals surface area contributed by atoms with E-state index < -0.39 is 15.8 Å². The number of rotatable bonds is 4. The Labute approximate surface area is 125 Å². The van der Waals surface area contributed by atoms with E-state index in [0.717, 1.165) is 6.07 Å². The first-order valence-corrected chi connectivity index (χ1v) is 8.03. The third-order valence-electron chi connectivity index (χ3n) is 3.44. The first kappa shape index (κ1) is 17.6. The predicted octanol–water partition coefficient (Wildman–Crippen LogP) is 1.83. The second kappa shape index (κ2) is 7.03. The van der Waals surface area contributed by atoms with Gasteiger partial charge in [0.1, 0.15) is 17.3 Å². The molecule has 0 spiro atoms. The van der Waals surface area contributed by atoms with Gasteiger partial charge in [0.15, 0.2) is 0 Å². The quantitative estimate of drug-likeness (QED) is 0.863. The molecule has 1 aromatic rings. The first-order chi connectivity index (χ1) is 9.71. The molecule has 0 fully saturated rings. The van der Waals surface area contributed by atoms with Gasteiger partial charge < -0.3 is 5.11 Å². The van der Waals surface area contributed by atoms with Gasteiger partial charge in [0.05, 0.1) is 0 Å². The second-order valence-corrected chi connectivity index (χ2v) is 7.08. The normalized spacial score (nSPS) is 13.1. The number of halogens is 1. The van der Waals surface area contributed by atoms with Crippen LogP contribution in [-0.4, -0.2) is 37.5 Å². The van der Waals surface area contributed by atoms with Crippen molar-refractivity contribution in [3.05, 3.63) is 29.6 Å². The summed E-state index contributed by atoms with van der Waals surface area (Å²) in [5, 5.41) is 8.60. The highest BCUT2D eigenvalue weighted by molar-refractivity contribution is 7.89. The summed E-state index contributed by atoms with van der Waals surface area (Å²) >= 11 is 0. The molecule has 4 nitrogen and oxygen atoms in total. The third-order valence-corrected chi connectivity index (χ3v) is 5.42. The lowest BCUT2D eigenvalue weighted by atomic mass is 10.1. The Hall–Kier alpha value is -1.42. The zero-order valence-electron chi connectivity index (χ0n) is 12.6. The zero-order chi connectivity index (χ0) is 16.2. The third kappa shape index (κ3) is 4.03. The number of aliphatic hydroxyl groups excluding tert-OH is 1. The molecular formula is C15H20FNO3S. The minimum Gasteiger partial charge on any atom is -0.384 e. The average molecular weight is 313 g/mol. The highest BCUT2D eigenvalue weighted by Gasteiger charge is 2.29. The maximum Gasteiger partial charge on any atom is 0.245 e. The Morgan fingerprint density at radius 1 is 1.33 bits per heavy atom. The van der Waals surface area contributed by atoms with Crippen molar-refractivity contribution in [3.8, 4) is 11.8 Å². The molecule has 0 aliphatic carbocycles. The molecule has 21 heavy (non-hydrogen) atoms. The average Bonchev–Trinajstić information content (AvgIpc) is 2.42. The van der Waals surface area contributed by atoms with Crippen LogP contribution in [-0.2, 0) is 10.0 Å². The van der Waals surface area contributed by atoms with Crippen molar-refractivity contribution in [2.24, 2.45) is 5.92 Å². The van der Waals surface area contributed by atoms with Gasteiger partial charge in [-0.15, -0.1) is 0 Å². The van der Waals surface area contributed by atoms with E-state index in [-0.39, 0.29) is 23.5 Å². The lowest BCUT2D eigenvalue weighted by molar-refractivity contribution is 0.314. The summed E-state index contributed by atoms with van der Waals surface area (Å²) in [4.78, 5) is -0.368. The molecule has 0 bridgehead atoms. The van der Waals surface area contributed by atoms with Gasteiger partial charge >= 0.3 is 0 Å². The van der Waals surface area contributed by atoms with Crippen molar-refractivity contribution in [2.75, 3.05) is 13.7 Å². The van der Waals surface area contributed by atoms with Gasteiger partial charge in [-0.2, -0.15) is 4.31 Å². The molecule has 1 aromatic carbocycles. The Morgan fingerprint density at radius 3 is 2.43 bits per heavy atom. The Kier molecular flexibility index (Phi) is 5.90. The Bertz CT molecular complexity index is 659. The van der Waals surface area contributed by atoms with Crippen LogP contribution in [0.5, 0.6) is 0 Å². The van der Waals surface area contributed by atoms with E-state index in [1.165, 1.54) is 23.5 Å². The number of sulfonamides is 1. The maximum absolute atomic E-state index is 14.1. The Balaban J connectivity index is 3.21. The van der Waals surface area contributed by atoms with Crippen molar-refractivity contribution in [1.29, 1.82) is 0 Å². The van der Waals surface area contributed by atoms with E-state index in [9.17, 15) is 12.8 Å². The number of nitrogens with zero attached hydrogens (tertiary/aromatic N) is 1. The lowest BCUT2D eigenvalue weighted by Gasteiger charge is -2.27. The van der Waals surface area contributed by atoms with Gasteiger partial charge in [-0.25, -0.2) is 12.8 Å². The van der Waals surface area contributed by atoms with Crippen molar-refractivity contribution in [1.82, 2.24) is 4.31 Å². The van der Waals surface area contributed by atoms with E-state index in [1.807, 2.05) is 13.8 Å². The summed E-state index contributed by atoms with van der Waals surface area (Å²) in [7, 11) is -2.45. The highest BCUT2D eigenvalue weighted by atomic mass is 32.2. The molecule has 0 saturated heterocycles. The summed E-state index contributed by atoms with van der Waals surface area (Å²) in [5.74, 6) is 4.19. The molecule has 1 atom stereocenters. The molecular weight excluding hydrogens is 293 g/mol. The zero-order valence-corrected chi connectivity index (χ0v) is 13.4. The molecule has 116 valence electrons. The van der Waals surface area contributed by atoms with Crippen molar-refractivity contribution in [2.45, 2.75) is 31.7 Å². The molecule has 0 radical (unpaired) electrons. The highest BCUT2D eigenvalue weighted by Crippen LogP contribution is 2.23. The molecule has 0 aliphatic rings. The van der Waals surface area contributed by atoms with Crippen LogP contribution in [0.1, 0.15) is 26.3 Å². The van der Waals surface area contributed by atoms with Crippen LogP contribution >= 0.6 is 0 Å². The molecule has 1 unspecified atom stereocenters. The molecule has 1 rings (SSSR count). The predicted molar refractivity (Wildman–Crippen MR) is 79.6 cm³/mol. The van der Waals surface area contributed by atoms with Crippen LogP contribution in [0.2, 0.25) is 0 Å². The SMILES string of the molecule is CC(C)C(C)N(C)S(=O)(=O)c1ccc(C#CCO)cc1F. The second-order valence-electron chi connectivity index (χ2n) is 5.11. The molecule has 0 aliphatic heterocycles. The van der Waals surface area contributed by atoms with Crippen molar-refractivity contribution < 1.29 is 17.9 Å². The molecule has 0 saturated carbocycles. The van der Waals surface area contributed by atoms with E-state index in [2.05, 4.69) is 11.8 Å².